The molecule has 3 heteroatoms. The Kier molecular flexibility index (Phi) is 2.93. The number of fused-ring (bicyclic) bond motifs is 1. The summed E-state index contributed by atoms with van der Waals surface area (Å²) in [5.41, 5.74) is 3.25. The smallest absolute Gasteiger partial charge is 0.217 e. The van der Waals surface area contributed by atoms with E-state index in [1.54, 1.807) is 0 Å². The van der Waals surface area contributed by atoms with E-state index in [1.807, 2.05) is 41.3 Å². The molecular weight excluding hydrogens is 262 g/mol. The van der Waals surface area contributed by atoms with Crippen molar-refractivity contribution in [3.05, 3.63) is 77.9 Å². The minimum atomic E-state index is -0.845. The van der Waals surface area contributed by atoms with E-state index in [4.69, 9.17) is 4.74 Å². The van der Waals surface area contributed by atoms with Crippen molar-refractivity contribution in [3.63, 3.8) is 0 Å². The second-order valence-corrected chi connectivity index (χ2v) is 5.59. The molecule has 2 unspecified atom stereocenters. The van der Waals surface area contributed by atoms with Gasteiger partial charge in [-0.3, -0.25) is 0 Å². The maximum absolute atomic E-state index is 10.2. The molecule has 0 aliphatic carbocycles. The van der Waals surface area contributed by atoms with Crippen LogP contribution in [0.2, 0.25) is 0 Å². The Balaban J connectivity index is 1.82. The van der Waals surface area contributed by atoms with Gasteiger partial charge in [0, 0.05) is 6.54 Å². The number of aliphatic hydroxyl groups is 1. The second-order valence-electron chi connectivity index (χ2n) is 5.59. The Morgan fingerprint density at radius 3 is 2.38 bits per heavy atom. The van der Waals surface area contributed by atoms with E-state index >= 15 is 0 Å². The predicted octanol–water partition coefficient (Wildman–Crippen LogP) is 2.59. The zero-order valence-corrected chi connectivity index (χ0v) is 11.6. The van der Waals surface area contributed by atoms with Gasteiger partial charge in [0.25, 0.3) is 0 Å². The molecule has 2 aromatic rings. The maximum atomic E-state index is 10.2. The summed E-state index contributed by atoms with van der Waals surface area (Å²) in [5.74, 6) is 0. The Bertz CT molecular complexity index is 668. The molecule has 2 atom stereocenters. The Labute approximate surface area is 124 Å². The highest BCUT2D eigenvalue weighted by Crippen LogP contribution is 2.45. The van der Waals surface area contributed by atoms with Gasteiger partial charge in [0.2, 0.25) is 6.41 Å². The highest BCUT2D eigenvalue weighted by molar-refractivity contribution is 5.71. The van der Waals surface area contributed by atoms with Crippen LogP contribution in [-0.4, -0.2) is 29.6 Å². The highest BCUT2D eigenvalue weighted by Gasteiger charge is 2.50. The van der Waals surface area contributed by atoms with Crippen molar-refractivity contribution >= 4 is 5.57 Å². The number of hydrogen-bond acceptors (Lipinski definition) is 3. The standard InChI is InChI=1S/C18H17NO2/c20-17-19-12-15(14-7-3-1-4-8-14)11-18(19,13-21-17)16-9-5-2-6-10-16/h1-11,17,20H,12-13H2. The monoisotopic (exact) mass is 279 g/mol. The molecule has 1 fully saturated rings. The average Bonchev–Trinajstić information content (AvgIpc) is 3.08. The van der Waals surface area contributed by atoms with Crippen molar-refractivity contribution in [1.29, 1.82) is 0 Å². The Morgan fingerprint density at radius 1 is 1.00 bits per heavy atom. The summed E-state index contributed by atoms with van der Waals surface area (Å²) in [4.78, 5) is 2.02. The average molecular weight is 279 g/mol. The molecular formula is C18H17NO2. The van der Waals surface area contributed by atoms with Crippen molar-refractivity contribution in [1.82, 2.24) is 4.90 Å². The zero-order valence-electron chi connectivity index (χ0n) is 11.6. The van der Waals surface area contributed by atoms with Gasteiger partial charge in [-0.25, -0.2) is 4.90 Å². The molecule has 0 spiro atoms. The highest BCUT2D eigenvalue weighted by atomic mass is 16.6. The quantitative estimate of drug-likeness (QED) is 0.917. The van der Waals surface area contributed by atoms with Crippen molar-refractivity contribution < 1.29 is 9.84 Å². The fourth-order valence-corrected chi connectivity index (χ4v) is 3.32. The SMILES string of the molecule is OC1OCC2(c3ccccc3)C=C(c3ccccc3)CN12. The van der Waals surface area contributed by atoms with Crippen LogP contribution >= 0.6 is 0 Å². The van der Waals surface area contributed by atoms with Crippen LogP contribution in [-0.2, 0) is 10.3 Å². The molecule has 1 saturated heterocycles. The largest absolute Gasteiger partial charge is 0.356 e. The summed E-state index contributed by atoms with van der Waals surface area (Å²) < 4.78 is 5.50. The second kappa shape index (κ2) is 4.81. The van der Waals surface area contributed by atoms with Crippen molar-refractivity contribution in [3.8, 4) is 0 Å². The van der Waals surface area contributed by atoms with Gasteiger partial charge in [0.15, 0.2) is 0 Å². The third-order valence-corrected chi connectivity index (χ3v) is 4.40. The van der Waals surface area contributed by atoms with Crippen LogP contribution in [0.4, 0.5) is 0 Å². The van der Waals surface area contributed by atoms with Gasteiger partial charge >= 0.3 is 0 Å². The lowest BCUT2D eigenvalue weighted by Gasteiger charge is -2.30. The van der Waals surface area contributed by atoms with Gasteiger partial charge in [0.1, 0.15) is 0 Å². The van der Waals surface area contributed by atoms with Crippen molar-refractivity contribution in [2.75, 3.05) is 13.2 Å². The molecule has 2 aromatic carbocycles. The normalized spacial score (nSPS) is 28.4. The lowest BCUT2D eigenvalue weighted by atomic mass is 9.90. The predicted molar refractivity (Wildman–Crippen MR) is 81.2 cm³/mol. The van der Waals surface area contributed by atoms with Crippen molar-refractivity contribution in [2.24, 2.45) is 0 Å². The molecule has 2 aliphatic rings. The van der Waals surface area contributed by atoms with Crippen LogP contribution in [0, 0.1) is 0 Å². The molecule has 0 radical (unpaired) electrons. The fraction of sp³-hybridized carbons (Fsp3) is 0.222. The number of rotatable bonds is 2. The molecule has 21 heavy (non-hydrogen) atoms. The Morgan fingerprint density at radius 2 is 1.67 bits per heavy atom. The van der Waals surface area contributed by atoms with Gasteiger partial charge in [0.05, 0.1) is 12.1 Å². The van der Waals surface area contributed by atoms with Crippen LogP contribution in [0.3, 0.4) is 0 Å². The van der Waals surface area contributed by atoms with Crippen molar-refractivity contribution in [2.45, 2.75) is 12.0 Å². The van der Waals surface area contributed by atoms with E-state index < -0.39 is 6.41 Å². The third-order valence-electron chi connectivity index (χ3n) is 4.40. The molecule has 3 nitrogen and oxygen atoms in total. The molecule has 1 N–H and O–H groups in total. The van der Waals surface area contributed by atoms with Crippen LogP contribution in [0.5, 0.6) is 0 Å². The van der Waals surface area contributed by atoms with Gasteiger partial charge < -0.3 is 9.84 Å². The van der Waals surface area contributed by atoms with E-state index in [1.165, 1.54) is 11.1 Å². The summed E-state index contributed by atoms with van der Waals surface area (Å²) in [5, 5.41) is 10.2. The zero-order chi connectivity index (χ0) is 14.3. The first-order valence-corrected chi connectivity index (χ1v) is 7.19. The first kappa shape index (κ1) is 12.8. The Hall–Kier alpha value is -1.94. The lowest BCUT2D eigenvalue weighted by Crippen LogP contribution is -2.41. The van der Waals surface area contributed by atoms with E-state index in [0.717, 1.165) is 5.56 Å². The van der Waals surface area contributed by atoms with Gasteiger partial charge in [-0.1, -0.05) is 66.7 Å². The van der Waals surface area contributed by atoms with Crippen LogP contribution < -0.4 is 0 Å². The van der Waals surface area contributed by atoms with Crippen LogP contribution in [0.1, 0.15) is 11.1 Å². The summed E-state index contributed by atoms with van der Waals surface area (Å²) >= 11 is 0. The van der Waals surface area contributed by atoms with Crippen LogP contribution in [0.15, 0.2) is 66.7 Å². The first-order chi connectivity index (χ1) is 10.3. The number of aliphatic hydroxyl groups excluding tert-OH is 1. The number of benzene rings is 2. The summed E-state index contributed by atoms with van der Waals surface area (Å²) in [7, 11) is 0. The molecule has 4 rings (SSSR count). The topological polar surface area (TPSA) is 32.7 Å². The third kappa shape index (κ3) is 1.94. The van der Waals surface area contributed by atoms with E-state index in [0.29, 0.717) is 13.2 Å². The summed E-state index contributed by atoms with van der Waals surface area (Å²) in [6.07, 6.45) is 1.40. The number of ether oxygens (including phenoxy) is 1. The molecule has 106 valence electrons. The lowest BCUT2D eigenvalue weighted by molar-refractivity contribution is -0.133. The van der Waals surface area contributed by atoms with Gasteiger partial charge in [-0.15, -0.1) is 0 Å². The van der Waals surface area contributed by atoms with E-state index in [-0.39, 0.29) is 5.54 Å². The van der Waals surface area contributed by atoms with Gasteiger partial charge in [-0.05, 0) is 16.7 Å². The molecule has 2 aliphatic heterocycles. The molecule has 2 heterocycles. The fourth-order valence-electron chi connectivity index (χ4n) is 3.32. The number of nitrogens with zero attached hydrogens (tertiary/aromatic N) is 1. The number of hydrogen-bond donors (Lipinski definition) is 1. The summed E-state index contributed by atoms with van der Waals surface area (Å²) in [6, 6.07) is 20.6. The molecule has 0 amide bonds. The first-order valence-electron chi connectivity index (χ1n) is 7.19. The van der Waals surface area contributed by atoms with Crippen LogP contribution in [0.25, 0.3) is 5.57 Å². The van der Waals surface area contributed by atoms with Gasteiger partial charge in [-0.2, -0.15) is 0 Å². The van der Waals surface area contributed by atoms with E-state index in [9.17, 15) is 5.11 Å². The molecule has 0 saturated carbocycles. The molecule has 0 bridgehead atoms. The summed E-state index contributed by atoms with van der Waals surface area (Å²) in [6.45, 7) is 1.18. The minimum absolute atomic E-state index is 0.355. The minimum Gasteiger partial charge on any atom is -0.356 e. The maximum Gasteiger partial charge on any atom is 0.217 e. The van der Waals surface area contributed by atoms with E-state index in [2.05, 4.69) is 30.3 Å². The molecule has 0 aromatic heterocycles.